The van der Waals surface area contributed by atoms with Gasteiger partial charge in [-0.1, -0.05) is 50.2 Å². The lowest BCUT2D eigenvalue weighted by molar-refractivity contribution is 0.365. The second-order valence-corrected chi connectivity index (χ2v) is 6.88. The predicted octanol–water partition coefficient (Wildman–Crippen LogP) is 4.78. The first-order valence-electron chi connectivity index (χ1n) is 8.26. The van der Waals surface area contributed by atoms with E-state index in [1.54, 1.807) is 0 Å². The molecule has 0 radical (unpaired) electrons. The van der Waals surface area contributed by atoms with Crippen molar-refractivity contribution < 1.29 is 0 Å². The van der Waals surface area contributed by atoms with E-state index in [-0.39, 0.29) is 5.41 Å². The smallest absolute Gasteiger partial charge is 0.0630 e. The molecular formula is C20H24N4. The molecular weight excluding hydrogens is 296 g/mol. The van der Waals surface area contributed by atoms with Crippen molar-refractivity contribution >= 4 is 17.1 Å². The molecule has 0 atom stereocenters. The van der Waals surface area contributed by atoms with E-state index < -0.39 is 0 Å². The Hall–Kier alpha value is -2.75. The van der Waals surface area contributed by atoms with Crippen molar-refractivity contribution in [2.45, 2.75) is 26.7 Å². The average molecular weight is 320 g/mol. The molecule has 0 aliphatic heterocycles. The number of hydrogen-bond donors (Lipinski definition) is 3. The average Bonchev–Trinajstić information content (AvgIpc) is 2.59. The molecule has 3 rings (SSSR count). The summed E-state index contributed by atoms with van der Waals surface area (Å²) in [6.07, 6.45) is 4.05. The second kappa shape index (κ2) is 7.21. The van der Waals surface area contributed by atoms with Crippen molar-refractivity contribution in [3.8, 4) is 0 Å². The van der Waals surface area contributed by atoms with Crippen molar-refractivity contribution in [2.24, 2.45) is 10.5 Å². The molecule has 0 heterocycles. The lowest BCUT2D eigenvalue weighted by atomic mass is 9.78. The van der Waals surface area contributed by atoms with Gasteiger partial charge in [-0.3, -0.25) is 5.43 Å². The van der Waals surface area contributed by atoms with E-state index in [1.807, 2.05) is 60.7 Å². The Morgan fingerprint density at radius 3 is 2.08 bits per heavy atom. The van der Waals surface area contributed by atoms with Crippen molar-refractivity contribution in [2.75, 3.05) is 10.9 Å². The molecule has 0 amide bonds. The number of nitrogens with zero attached hydrogens (tertiary/aromatic N) is 1. The molecule has 0 unspecified atom stereocenters. The zero-order valence-electron chi connectivity index (χ0n) is 14.2. The third-order valence-corrected chi connectivity index (χ3v) is 3.91. The molecule has 124 valence electrons. The van der Waals surface area contributed by atoms with E-state index in [1.165, 1.54) is 0 Å². The number of nitrogens with one attached hydrogen (secondary N) is 3. The predicted molar refractivity (Wildman–Crippen MR) is 102 cm³/mol. The van der Waals surface area contributed by atoms with E-state index in [9.17, 15) is 0 Å². The lowest BCUT2D eigenvalue weighted by Crippen LogP contribution is -2.31. The highest BCUT2D eigenvalue weighted by Crippen LogP contribution is 2.33. The Balaban J connectivity index is 1.69. The monoisotopic (exact) mass is 320 g/mol. The number of benzene rings is 2. The molecule has 0 saturated carbocycles. The normalized spacial score (nSPS) is 17.9. The molecule has 0 fully saturated rings. The molecule has 2 aromatic rings. The van der Waals surface area contributed by atoms with E-state index in [4.69, 9.17) is 0 Å². The minimum Gasteiger partial charge on any atom is -0.305 e. The summed E-state index contributed by atoms with van der Waals surface area (Å²) in [6.45, 7) is 4.53. The minimum atomic E-state index is 0.173. The Morgan fingerprint density at radius 1 is 0.792 bits per heavy atom. The zero-order chi connectivity index (χ0) is 16.8. The van der Waals surface area contributed by atoms with Crippen LogP contribution in [0.25, 0.3) is 0 Å². The van der Waals surface area contributed by atoms with Crippen LogP contribution in [0.15, 0.2) is 77.5 Å². The third-order valence-electron chi connectivity index (χ3n) is 3.91. The lowest BCUT2D eigenvalue weighted by Gasteiger charge is -2.31. The second-order valence-electron chi connectivity index (χ2n) is 6.88. The van der Waals surface area contributed by atoms with Gasteiger partial charge in [-0.2, -0.15) is 5.10 Å². The van der Waals surface area contributed by atoms with Crippen molar-refractivity contribution in [1.82, 2.24) is 5.43 Å². The molecule has 1 aliphatic carbocycles. The van der Waals surface area contributed by atoms with Gasteiger partial charge in [0.1, 0.15) is 0 Å². The summed E-state index contributed by atoms with van der Waals surface area (Å²) >= 11 is 0. The van der Waals surface area contributed by atoms with E-state index >= 15 is 0 Å². The number of anilines is 2. The van der Waals surface area contributed by atoms with Crippen LogP contribution in [0.5, 0.6) is 0 Å². The minimum absolute atomic E-state index is 0.173. The molecule has 2 aromatic carbocycles. The van der Waals surface area contributed by atoms with Gasteiger partial charge in [-0.25, -0.2) is 0 Å². The van der Waals surface area contributed by atoms with Crippen molar-refractivity contribution in [3.63, 3.8) is 0 Å². The van der Waals surface area contributed by atoms with Gasteiger partial charge in [0.15, 0.2) is 0 Å². The number of hydrazine groups is 1. The maximum absolute atomic E-state index is 4.58. The van der Waals surface area contributed by atoms with E-state index in [2.05, 4.69) is 41.3 Å². The van der Waals surface area contributed by atoms with Gasteiger partial charge in [0.2, 0.25) is 0 Å². The molecule has 24 heavy (non-hydrogen) atoms. The van der Waals surface area contributed by atoms with Gasteiger partial charge >= 0.3 is 0 Å². The molecule has 0 spiro atoms. The highest BCUT2D eigenvalue weighted by atomic mass is 15.4. The molecule has 0 aromatic heterocycles. The van der Waals surface area contributed by atoms with Gasteiger partial charge in [0, 0.05) is 5.70 Å². The quantitative estimate of drug-likeness (QED) is 0.695. The molecule has 4 heteroatoms. The maximum atomic E-state index is 4.58. The van der Waals surface area contributed by atoms with Gasteiger partial charge in [0.25, 0.3) is 0 Å². The maximum Gasteiger partial charge on any atom is 0.0630 e. The first-order chi connectivity index (χ1) is 11.6. The summed E-state index contributed by atoms with van der Waals surface area (Å²) in [5, 5.41) is 4.58. The first kappa shape index (κ1) is 16.1. The first-order valence-corrected chi connectivity index (χ1v) is 8.26. The summed E-state index contributed by atoms with van der Waals surface area (Å²) in [4.78, 5) is 0. The van der Waals surface area contributed by atoms with Crippen LogP contribution in [0.3, 0.4) is 0 Å². The van der Waals surface area contributed by atoms with Gasteiger partial charge in [0.05, 0.1) is 17.1 Å². The molecule has 3 N–H and O–H groups in total. The zero-order valence-corrected chi connectivity index (χ0v) is 14.2. The van der Waals surface area contributed by atoms with E-state index in [0.29, 0.717) is 0 Å². The van der Waals surface area contributed by atoms with Crippen LogP contribution in [0.2, 0.25) is 0 Å². The highest BCUT2D eigenvalue weighted by Gasteiger charge is 2.26. The largest absolute Gasteiger partial charge is 0.305 e. The number of hydrazone groups is 1. The summed E-state index contributed by atoms with van der Waals surface area (Å²) in [7, 11) is 0. The number of para-hydroxylation sites is 2. The Morgan fingerprint density at radius 2 is 1.42 bits per heavy atom. The Kier molecular flexibility index (Phi) is 4.85. The topological polar surface area (TPSA) is 48.5 Å². The van der Waals surface area contributed by atoms with Crippen LogP contribution in [0.1, 0.15) is 26.7 Å². The fourth-order valence-electron chi connectivity index (χ4n) is 2.85. The number of rotatable bonds is 5. The summed E-state index contributed by atoms with van der Waals surface area (Å²) < 4.78 is 0. The molecule has 0 saturated heterocycles. The Labute approximate surface area is 143 Å². The molecule has 1 aliphatic rings. The highest BCUT2D eigenvalue weighted by molar-refractivity contribution is 5.97. The Bertz CT molecular complexity index is 718. The SMILES string of the molecule is CC1(C)CC(NNc2ccccc2)=CC(=NNc2ccccc2)C1. The summed E-state index contributed by atoms with van der Waals surface area (Å²) in [5.74, 6) is 0. The third kappa shape index (κ3) is 4.62. The van der Waals surface area contributed by atoms with Crippen molar-refractivity contribution in [1.29, 1.82) is 0 Å². The number of allylic oxidation sites excluding steroid dienone is 2. The van der Waals surface area contributed by atoms with Crippen LogP contribution < -0.4 is 16.3 Å². The van der Waals surface area contributed by atoms with Gasteiger partial charge in [-0.05, 0) is 48.6 Å². The van der Waals surface area contributed by atoms with Crippen LogP contribution in [-0.4, -0.2) is 5.71 Å². The number of hydrogen-bond acceptors (Lipinski definition) is 4. The van der Waals surface area contributed by atoms with Gasteiger partial charge < -0.3 is 10.9 Å². The fourth-order valence-corrected chi connectivity index (χ4v) is 2.85. The van der Waals surface area contributed by atoms with Crippen LogP contribution in [0.4, 0.5) is 11.4 Å². The van der Waals surface area contributed by atoms with E-state index in [0.717, 1.165) is 35.6 Å². The van der Waals surface area contributed by atoms with Crippen LogP contribution >= 0.6 is 0 Å². The van der Waals surface area contributed by atoms with Crippen molar-refractivity contribution in [3.05, 3.63) is 72.4 Å². The standard InChI is InChI=1S/C20H24N4/c1-20(2)14-18(23-21-16-9-5-3-6-10-16)13-19(15-20)24-22-17-11-7-4-8-12-17/h3-13,21-23H,14-15H2,1-2H3. The summed E-state index contributed by atoms with van der Waals surface area (Å²) in [5.41, 5.74) is 14.1. The van der Waals surface area contributed by atoms with Crippen LogP contribution in [-0.2, 0) is 0 Å². The molecule has 0 bridgehead atoms. The van der Waals surface area contributed by atoms with Crippen LogP contribution in [0, 0.1) is 5.41 Å². The summed E-state index contributed by atoms with van der Waals surface area (Å²) in [6, 6.07) is 20.1. The fraction of sp³-hybridized carbons (Fsp3) is 0.250. The van der Waals surface area contributed by atoms with Gasteiger partial charge in [-0.15, -0.1) is 0 Å². The molecule has 4 nitrogen and oxygen atoms in total.